The third-order valence-electron chi connectivity index (χ3n) is 3.48. The van der Waals surface area contributed by atoms with Crippen LogP contribution < -0.4 is 0 Å². The smallest absolute Gasteiger partial charge is 0.330 e. The van der Waals surface area contributed by atoms with Crippen LogP contribution in [0, 0.1) is 11.3 Å². The van der Waals surface area contributed by atoms with Gasteiger partial charge in [0, 0.05) is 5.57 Å². The van der Waals surface area contributed by atoms with Crippen LogP contribution in [-0.2, 0) is 4.79 Å². The van der Waals surface area contributed by atoms with E-state index in [-0.39, 0.29) is 5.41 Å². The van der Waals surface area contributed by atoms with E-state index < -0.39 is 5.97 Å². The van der Waals surface area contributed by atoms with E-state index in [0.29, 0.717) is 17.9 Å². The monoisotopic (exact) mass is 240 g/mol. The highest BCUT2D eigenvalue weighted by atomic mass is 16.4. The Bertz CT molecular complexity index is 248. The Balaban J connectivity index is 4.21. The second-order valence-electron chi connectivity index (χ2n) is 6.01. The summed E-state index contributed by atoms with van der Waals surface area (Å²) >= 11 is 0. The molecule has 0 aliphatic carbocycles. The van der Waals surface area contributed by atoms with Crippen LogP contribution in [0.1, 0.15) is 66.2 Å². The predicted molar refractivity (Wildman–Crippen MR) is 73.1 cm³/mol. The minimum atomic E-state index is -0.855. The summed E-state index contributed by atoms with van der Waals surface area (Å²) in [5, 5.41) is 8.81. The molecule has 0 aliphatic heterocycles. The highest BCUT2D eigenvalue weighted by Gasteiger charge is 2.24. The van der Waals surface area contributed by atoms with E-state index >= 15 is 0 Å². The zero-order valence-electron chi connectivity index (χ0n) is 11.9. The fourth-order valence-electron chi connectivity index (χ4n) is 2.11. The van der Waals surface area contributed by atoms with Crippen LogP contribution in [-0.4, -0.2) is 11.1 Å². The summed E-state index contributed by atoms with van der Waals surface area (Å²) in [6, 6.07) is 0. The van der Waals surface area contributed by atoms with Crippen molar-refractivity contribution in [2.45, 2.75) is 66.2 Å². The van der Waals surface area contributed by atoms with Crippen molar-refractivity contribution >= 4 is 5.97 Å². The van der Waals surface area contributed by atoms with Crippen LogP contribution in [0.3, 0.4) is 0 Å². The standard InChI is InChI=1S/C15H28O2/c1-6-7-8-9-13(15(3,4)5)11-10-12(2)14(16)17/h13H,2,6-11H2,1,3-5H3,(H,16,17). The first-order valence-electron chi connectivity index (χ1n) is 6.70. The third kappa shape index (κ3) is 7.19. The van der Waals surface area contributed by atoms with Crippen LogP contribution >= 0.6 is 0 Å². The van der Waals surface area contributed by atoms with Crippen molar-refractivity contribution in [3.8, 4) is 0 Å². The van der Waals surface area contributed by atoms with Gasteiger partial charge in [-0.25, -0.2) is 4.79 Å². The van der Waals surface area contributed by atoms with Crippen molar-refractivity contribution < 1.29 is 9.90 Å². The van der Waals surface area contributed by atoms with Crippen LogP contribution in [0.2, 0.25) is 0 Å². The third-order valence-corrected chi connectivity index (χ3v) is 3.48. The Morgan fingerprint density at radius 2 is 1.82 bits per heavy atom. The highest BCUT2D eigenvalue weighted by molar-refractivity contribution is 5.85. The number of rotatable bonds is 8. The van der Waals surface area contributed by atoms with Crippen molar-refractivity contribution in [3.05, 3.63) is 12.2 Å². The summed E-state index contributed by atoms with van der Waals surface area (Å²) in [6.45, 7) is 12.5. The molecule has 1 atom stereocenters. The number of carboxylic acids is 1. The molecule has 0 aromatic heterocycles. The van der Waals surface area contributed by atoms with Gasteiger partial charge >= 0.3 is 5.97 Å². The van der Waals surface area contributed by atoms with E-state index in [1.54, 1.807) is 0 Å². The zero-order valence-corrected chi connectivity index (χ0v) is 11.9. The van der Waals surface area contributed by atoms with Crippen LogP contribution in [0.25, 0.3) is 0 Å². The lowest BCUT2D eigenvalue weighted by molar-refractivity contribution is -0.132. The Labute approximate surface area is 106 Å². The molecule has 0 fully saturated rings. The van der Waals surface area contributed by atoms with E-state index in [4.69, 9.17) is 5.11 Å². The van der Waals surface area contributed by atoms with E-state index in [9.17, 15) is 4.79 Å². The molecule has 0 rings (SSSR count). The summed E-state index contributed by atoms with van der Waals surface area (Å²) in [5.41, 5.74) is 0.599. The molecule has 0 saturated heterocycles. The van der Waals surface area contributed by atoms with E-state index in [2.05, 4.69) is 34.3 Å². The molecule has 100 valence electrons. The average Bonchev–Trinajstić information content (AvgIpc) is 2.20. The molecule has 17 heavy (non-hydrogen) atoms. The largest absolute Gasteiger partial charge is 0.478 e. The minimum absolute atomic E-state index is 0.256. The van der Waals surface area contributed by atoms with Crippen molar-refractivity contribution in [3.63, 3.8) is 0 Å². The lowest BCUT2D eigenvalue weighted by atomic mass is 9.75. The number of unbranched alkanes of at least 4 members (excludes halogenated alkanes) is 2. The van der Waals surface area contributed by atoms with Crippen molar-refractivity contribution in [1.29, 1.82) is 0 Å². The van der Waals surface area contributed by atoms with Crippen molar-refractivity contribution in [2.75, 3.05) is 0 Å². The first-order chi connectivity index (χ1) is 7.79. The Kier molecular flexibility index (Phi) is 7.17. The fourth-order valence-corrected chi connectivity index (χ4v) is 2.11. The molecule has 0 bridgehead atoms. The van der Waals surface area contributed by atoms with Gasteiger partial charge in [-0.1, -0.05) is 53.5 Å². The molecule has 1 N–H and O–H groups in total. The molecule has 0 radical (unpaired) electrons. The summed E-state index contributed by atoms with van der Waals surface area (Å²) in [6.07, 6.45) is 6.51. The molecule has 2 nitrogen and oxygen atoms in total. The number of hydrogen-bond donors (Lipinski definition) is 1. The normalized spacial score (nSPS) is 13.4. The summed E-state index contributed by atoms with van der Waals surface area (Å²) < 4.78 is 0. The first kappa shape index (κ1) is 16.2. The van der Waals surface area contributed by atoms with E-state index in [1.807, 2.05) is 0 Å². The van der Waals surface area contributed by atoms with E-state index in [1.165, 1.54) is 25.7 Å². The molecule has 0 aromatic carbocycles. The quantitative estimate of drug-likeness (QED) is 0.495. The molecule has 2 heteroatoms. The van der Waals surface area contributed by atoms with Gasteiger partial charge in [-0.3, -0.25) is 0 Å². The molecule has 0 saturated carbocycles. The molecule has 0 aliphatic rings. The summed E-state index contributed by atoms with van der Waals surface area (Å²) in [7, 11) is 0. The number of carbonyl (C=O) groups is 1. The topological polar surface area (TPSA) is 37.3 Å². The first-order valence-corrected chi connectivity index (χ1v) is 6.70. The lowest BCUT2D eigenvalue weighted by Crippen LogP contribution is -2.21. The van der Waals surface area contributed by atoms with Crippen molar-refractivity contribution in [2.24, 2.45) is 11.3 Å². The molecule has 0 amide bonds. The molecule has 0 aromatic rings. The Hall–Kier alpha value is -0.790. The summed E-state index contributed by atoms with van der Waals surface area (Å²) in [4.78, 5) is 10.7. The minimum Gasteiger partial charge on any atom is -0.478 e. The maximum absolute atomic E-state index is 10.7. The highest BCUT2D eigenvalue weighted by Crippen LogP contribution is 2.34. The van der Waals surface area contributed by atoms with Gasteiger partial charge in [-0.2, -0.15) is 0 Å². The fraction of sp³-hybridized carbons (Fsp3) is 0.800. The van der Waals surface area contributed by atoms with Gasteiger partial charge < -0.3 is 5.11 Å². The Morgan fingerprint density at radius 3 is 2.24 bits per heavy atom. The number of aliphatic carboxylic acids is 1. The van der Waals surface area contributed by atoms with E-state index in [0.717, 1.165) is 6.42 Å². The van der Waals surface area contributed by atoms with Gasteiger partial charge in [0.05, 0.1) is 0 Å². The van der Waals surface area contributed by atoms with Gasteiger partial charge in [0.1, 0.15) is 0 Å². The second-order valence-corrected chi connectivity index (χ2v) is 6.01. The van der Waals surface area contributed by atoms with Gasteiger partial charge in [-0.15, -0.1) is 0 Å². The van der Waals surface area contributed by atoms with Gasteiger partial charge in [0.2, 0.25) is 0 Å². The van der Waals surface area contributed by atoms with Gasteiger partial charge in [0.15, 0.2) is 0 Å². The molecule has 0 heterocycles. The van der Waals surface area contributed by atoms with Crippen LogP contribution in [0.4, 0.5) is 0 Å². The second kappa shape index (κ2) is 7.52. The number of carboxylic acid groups (broad SMARTS) is 1. The molecular weight excluding hydrogens is 212 g/mol. The maximum Gasteiger partial charge on any atom is 0.330 e. The maximum atomic E-state index is 10.7. The SMILES string of the molecule is C=C(CCC(CCCCC)C(C)(C)C)C(=O)O. The van der Waals surface area contributed by atoms with Crippen molar-refractivity contribution in [1.82, 2.24) is 0 Å². The average molecular weight is 240 g/mol. The van der Waals surface area contributed by atoms with Gasteiger partial charge in [-0.05, 0) is 30.6 Å². The summed E-state index contributed by atoms with van der Waals surface area (Å²) in [5.74, 6) is -0.267. The van der Waals surface area contributed by atoms with Crippen LogP contribution in [0.5, 0.6) is 0 Å². The lowest BCUT2D eigenvalue weighted by Gasteiger charge is -2.31. The zero-order chi connectivity index (χ0) is 13.5. The number of hydrogen-bond acceptors (Lipinski definition) is 1. The molecule has 0 spiro atoms. The van der Waals surface area contributed by atoms with Crippen LogP contribution in [0.15, 0.2) is 12.2 Å². The molecular formula is C15H28O2. The molecule has 1 unspecified atom stereocenters. The predicted octanol–water partition coefficient (Wildman–Crippen LogP) is 4.65. The Morgan fingerprint density at radius 1 is 1.24 bits per heavy atom. The van der Waals surface area contributed by atoms with Gasteiger partial charge in [0.25, 0.3) is 0 Å².